The Kier molecular flexibility index (Phi) is 5.09. The van der Waals surface area contributed by atoms with Gasteiger partial charge in [-0.2, -0.15) is 0 Å². The predicted molar refractivity (Wildman–Crippen MR) is 77.8 cm³/mol. The van der Waals surface area contributed by atoms with Crippen LogP contribution in [0.2, 0.25) is 0 Å². The third-order valence-electron chi connectivity index (χ3n) is 3.43. The van der Waals surface area contributed by atoms with Crippen molar-refractivity contribution in [3.63, 3.8) is 0 Å². The van der Waals surface area contributed by atoms with E-state index in [0.717, 1.165) is 0 Å². The van der Waals surface area contributed by atoms with E-state index in [2.05, 4.69) is 10.1 Å². The van der Waals surface area contributed by atoms with Crippen LogP contribution in [-0.4, -0.2) is 42.6 Å². The maximum absolute atomic E-state index is 12.4. The summed E-state index contributed by atoms with van der Waals surface area (Å²) in [5.74, 6) is -0.754. The highest BCUT2D eigenvalue weighted by molar-refractivity contribution is 6.39. The Hall–Kier alpha value is -1.72. The number of hydrogen-bond donors (Lipinski definition) is 1. The van der Waals surface area contributed by atoms with Crippen molar-refractivity contribution in [3.05, 3.63) is 35.4 Å². The third-order valence-corrected chi connectivity index (χ3v) is 3.88. The van der Waals surface area contributed by atoms with Crippen molar-refractivity contribution in [2.75, 3.05) is 13.7 Å². The number of esters is 1. The van der Waals surface area contributed by atoms with E-state index in [4.69, 9.17) is 11.6 Å². The van der Waals surface area contributed by atoms with Crippen molar-refractivity contribution < 1.29 is 19.1 Å². The monoisotopic (exact) mass is 309 g/mol. The number of fused-ring (bicyclic) bond motifs is 1. The Balaban J connectivity index is 2.03. The molecule has 1 aromatic rings. The van der Waals surface area contributed by atoms with E-state index >= 15 is 0 Å². The lowest BCUT2D eigenvalue weighted by Gasteiger charge is -2.27. The molecule has 0 heterocycles. The van der Waals surface area contributed by atoms with Crippen molar-refractivity contribution in [3.8, 4) is 0 Å². The zero-order chi connectivity index (χ0) is 15.4. The van der Waals surface area contributed by atoms with Crippen LogP contribution in [-0.2, 0) is 9.53 Å². The summed E-state index contributed by atoms with van der Waals surface area (Å²) in [6.07, 6.45) is 0.762. The molecule has 1 aliphatic carbocycles. The molecule has 2 atom stereocenters. The number of alkyl halides is 1. The van der Waals surface area contributed by atoms with Gasteiger partial charge in [-0.1, -0.05) is 24.3 Å². The average Bonchev–Trinajstić information content (AvgIpc) is 2.51. The Morgan fingerprint density at radius 3 is 2.48 bits per heavy atom. The number of halogens is 1. The van der Waals surface area contributed by atoms with Crippen molar-refractivity contribution in [1.82, 2.24) is 5.32 Å². The van der Waals surface area contributed by atoms with E-state index in [-0.39, 0.29) is 24.0 Å². The van der Waals surface area contributed by atoms with Crippen LogP contribution in [0.3, 0.4) is 0 Å². The second-order valence-corrected chi connectivity index (χ2v) is 5.26. The summed E-state index contributed by atoms with van der Waals surface area (Å²) in [6.45, 7) is 0.407. The number of carbonyl (C=O) groups excluding carboxylic acids is 3. The molecule has 5 nitrogen and oxygen atoms in total. The van der Waals surface area contributed by atoms with Gasteiger partial charge in [-0.15, -0.1) is 11.6 Å². The molecule has 2 rings (SSSR count). The SMILES string of the molecule is COC(=O)CCCNC1C(=O)c2ccccc2C(=O)C1Cl. The second kappa shape index (κ2) is 6.83. The molecule has 6 heteroatoms. The van der Waals surface area contributed by atoms with Crippen molar-refractivity contribution in [1.29, 1.82) is 0 Å². The lowest BCUT2D eigenvalue weighted by molar-refractivity contribution is -0.140. The van der Waals surface area contributed by atoms with Gasteiger partial charge in [0.15, 0.2) is 11.6 Å². The minimum absolute atomic E-state index is 0.191. The van der Waals surface area contributed by atoms with Crippen LogP contribution >= 0.6 is 11.6 Å². The van der Waals surface area contributed by atoms with E-state index in [9.17, 15) is 14.4 Å². The standard InChI is InChI=1S/C15H16ClNO4/c1-21-11(18)7-4-8-17-13-12(16)14(19)9-5-2-3-6-10(9)15(13)20/h2-3,5-6,12-13,17H,4,7-8H2,1H3. The average molecular weight is 310 g/mol. The van der Waals surface area contributed by atoms with Gasteiger partial charge in [0, 0.05) is 17.5 Å². The number of benzene rings is 1. The highest BCUT2D eigenvalue weighted by Gasteiger charge is 2.39. The molecule has 0 aromatic heterocycles. The largest absolute Gasteiger partial charge is 0.469 e. The number of carbonyl (C=O) groups is 3. The van der Waals surface area contributed by atoms with Gasteiger partial charge >= 0.3 is 5.97 Å². The van der Waals surface area contributed by atoms with Crippen LogP contribution in [0, 0.1) is 0 Å². The van der Waals surface area contributed by atoms with Crippen molar-refractivity contribution in [2.45, 2.75) is 24.3 Å². The summed E-state index contributed by atoms with van der Waals surface area (Å²) in [5, 5.41) is 2.04. The Morgan fingerprint density at radius 1 is 1.24 bits per heavy atom. The summed E-state index contributed by atoms with van der Waals surface area (Å²) < 4.78 is 4.53. The first-order valence-corrected chi connectivity index (χ1v) is 7.11. The molecule has 0 saturated carbocycles. The minimum Gasteiger partial charge on any atom is -0.469 e. The molecule has 1 aliphatic rings. The molecular formula is C15H16ClNO4. The fourth-order valence-corrected chi connectivity index (χ4v) is 2.62. The summed E-state index contributed by atoms with van der Waals surface area (Å²) in [7, 11) is 1.32. The molecule has 21 heavy (non-hydrogen) atoms. The molecule has 0 amide bonds. The normalized spacial score (nSPS) is 21.0. The van der Waals surface area contributed by atoms with Gasteiger partial charge in [-0.05, 0) is 13.0 Å². The summed E-state index contributed by atoms with van der Waals surface area (Å²) >= 11 is 6.10. The van der Waals surface area contributed by atoms with Gasteiger partial charge in [0.1, 0.15) is 5.38 Å². The molecule has 0 aliphatic heterocycles. The molecule has 0 fully saturated rings. The van der Waals surface area contributed by atoms with Crippen LogP contribution in [0.5, 0.6) is 0 Å². The zero-order valence-corrected chi connectivity index (χ0v) is 12.4. The van der Waals surface area contributed by atoms with Crippen LogP contribution in [0.1, 0.15) is 33.6 Å². The maximum atomic E-state index is 12.4. The first kappa shape index (κ1) is 15.7. The Labute approximate surface area is 127 Å². The van der Waals surface area contributed by atoms with Crippen LogP contribution < -0.4 is 5.32 Å². The number of methoxy groups -OCH3 is 1. The van der Waals surface area contributed by atoms with E-state index in [1.54, 1.807) is 24.3 Å². The molecule has 112 valence electrons. The number of nitrogens with one attached hydrogen (secondary N) is 1. The molecule has 0 radical (unpaired) electrons. The molecule has 0 bridgehead atoms. The van der Waals surface area contributed by atoms with E-state index in [1.165, 1.54) is 7.11 Å². The van der Waals surface area contributed by atoms with Crippen LogP contribution in [0.4, 0.5) is 0 Å². The van der Waals surface area contributed by atoms with Crippen molar-refractivity contribution in [2.24, 2.45) is 0 Å². The molecular weight excluding hydrogens is 294 g/mol. The Morgan fingerprint density at radius 2 is 1.86 bits per heavy atom. The highest BCUT2D eigenvalue weighted by atomic mass is 35.5. The topological polar surface area (TPSA) is 72.5 Å². The van der Waals surface area contributed by atoms with Gasteiger partial charge in [0.2, 0.25) is 0 Å². The molecule has 1 N–H and O–H groups in total. The van der Waals surface area contributed by atoms with Gasteiger partial charge in [0.25, 0.3) is 0 Å². The van der Waals surface area contributed by atoms with Gasteiger partial charge in [0.05, 0.1) is 13.2 Å². The van der Waals surface area contributed by atoms with Gasteiger partial charge in [-0.3, -0.25) is 14.4 Å². The summed E-state index contributed by atoms with van der Waals surface area (Å²) in [5.41, 5.74) is 0.764. The molecule has 1 aromatic carbocycles. The number of hydrogen-bond acceptors (Lipinski definition) is 5. The second-order valence-electron chi connectivity index (χ2n) is 4.79. The lowest BCUT2D eigenvalue weighted by atomic mass is 9.85. The first-order chi connectivity index (χ1) is 10.1. The summed E-state index contributed by atoms with van der Waals surface area (Å²) in [4.78, 5) is 35.5. The Bertz CT molecular complexity index is 573. The fraction of sp³-hybridized carbons (Fsp3) is 0.400. The number of ether oxygens (including phenoxy) is 1. The van der Waals surface area contributed by atoms with Gasteiger partial charge < -0.3 is 10.1 Å². The number of rotatable bonds is 5. The van der Waals surface area contributed by atoms with Crippen LogP contribution in [0.15, 0.2) is 24.3 Å². The fourth-order valence-electron chi connectivity index (χ4n) is 2.30. The van der Waals surface area contributed by atoms with E-state index < -0.39 is 11.4 Å². The number of ketones is 2. The predicted octanol–water partition coefficient (Wildman–Crippen LogP) is 1.58. The van der Waals surface area contributed by atoms with Crippen molar-refractivity contribution >= 4 is 29.1 Å². The lowest BCUT2D eigenvalue weighted by Crippen LogP contribution is -2.51. The zero-order valence-electron chi connectivity index (χ0n) is 11.6. The number of Topliss-reactive ketones (excluding diaryl/α,β-unsaturated/α-hetero) is 2. The maximum Gasteiger partial charge on any atom is 0.305 e. The van der Waals surface area contributed by atoms with Gasteiger partial charge in [-0.25, -0.2) is 0 Å². The minimum atomic E-state index is -0.925. The smallest absolute Gasteiger partial charge is 0.305 e. The molecule has 0 spiro atoms. The van der Waals surface area contributed by atoms with E-state index in [0.29, 0.717) is 24.1 Å². The third kappa shape index (κ3) is 3.31. The molecule has 0 saturated heterocycles. The highest BCUT2D eigenvalue weighted by Crippen LogP contribution is 2.25. The molecule has 2 unspecified atom stereocenters. The van der Waals surface area contributed by atoms with E-state index in [1.807, 2.05) is 0 Å². The quantitative estimate of drug-likeness (QED) is 0.508. The first-order valence-electron chi connectivity index (χ1n) is 6.68. The van der Waals surface area contributed by atoms with Crippen LogP contribution in [0.25, 0.3) is 0 Å². The summed E-state index contributed by atoms with van der Waals surface area (Å²) in [6, 6.07) is 5.90.